The first-order valence-electron chi connectivity index (χ1n) is 8.51. The van der Waals surface area contributed by atoms with Gasteiger partial charge >= 0.3 is 0 Å². The third-order valence-corrected chi connectivity index (χ3v) is 5.12. The molecule has 3 aliphatic rings. The fourth-order valence-electron chi connectivity index (χ4n) is 3.82. The molecule has 0 unspecified atom stereocenters. The molecule has 2 aromatic carbocycles. The highest BCUT2D eigenvalue weighted by Crippen LogP contribution is 2.54. The van der Waals surface area contributed by atoms with Gasteiger partial charge in [0.1, 0.15) is 18.3 Å². The second-order valence-corrected chi connectivity index (χ2v) is 6.72. The molecule has 4 atom stereocenters. The molecular weight excluding hydrogens is 304 g/mol. The number of epoxide rings is 1. The van der Waals surface area contributed by atoms with Crippen LogP contribution in [0.15, 0.2) is 60.7 Å². The second-order valence-electron chi connectivity index (χ2n) is 6.72. The number of fused-ring (bicyclic) bond motifs is 5. The van der Waals surface area contributed by atoms with Crippen LogP contribution >= 0.6 is 0 Å². The molecule has 0 aliphatic carbocycles. The summed E-state index contributed by atoms with van der Waals surface area (Å²) in [6.45, 7) is 1.03. The van der Waals surface area contributed by atoms with Crippen molar-refractivity contribution in [1.29, 1.82) is 0 Å². The van der Waals surface area contributed by atoms with Crippen LogP contribution in [0.2, 0.25) is 0 Å². The molecule has 124 valence electrons. The molecule has 3 saturated heterocycles. The van der Waals surface area contributed by atoms with E-state index in [2.05, 4.69) is 24.3 Å². The van der Waals surface area contributed by atoms with Crippen LogP contribution < -0.4 is 0 Å². The van der Waals surface area contributed by atoms with E-state index in [-0.39, 0.29) is 24.4 Å². The predicted molar refractivity (Wildman–Crippen MR) is 87.1 cm³/mol. The van der Waals surface area contributed by atoms with Crippen LogP contribution in [-0.4, -0.2) is 30.2 Å². The topological polar surface area (TPSA) is 40.2 Å². The molecule has 0 spiro atoms. The minimum atomic E-state index is -0.714. The summed E-state index contributed by atoms with van der Waals surface area (Å²) in [6.07, 6.45) is 1.10. The van der Waals surface area contributed by atoms with Gasteiger partial charge in [0.2, 0.25) is 5.79 Å². The summed E-state index contributed by atoms with van der Waals surface area (Å²) >= 11 is 0. The van der Waals surface area contributed by atoms with Gasteiger partial charge in [-0.2, -0.15) is 0 Å². The molecule has 2 aromatic rings. The molecule has 24 heavy (non-hydrogen) atoms. The lowest BCUT2D eigenvalue weighted by Gasteiger charge is -2.34. The third kappa shape index (κ3) is 2.47. The molecule has 3 aliphatic heterocycles. The van der Waals surface area contributed by atoms with Gasteiger partial charge in [0.25, 0.3) is 0 Å². The standard InChI is InChI=1S/C20H20O4/c1-3-7-14(8-4-1)12-21-20(22-13-15-9-5-2-6-10-15)11-16-17-18(24-17)19(20)23-16/h1-10,16-19H,11-13H2/t16-,17-,18-,19-/m1/s1. The van der Waals surface area contributed by atoms with Crippen molar-refractivity contribution in [3.8, 4) is 0 Å². The zero-order valence-corrected chi connectivity index (χ0v) is 13.3. The maximum Gasteiger partial charge on any atom is 0.200 e. The Morgan fingerprint density at radius 2 is 1.38 bits per heavy atom. The maximum atomic E-state index is 6.30. The van der Waals surface area contributed by atoms with E-state index in [0.717, 1.165) is 17.5 Å². The summed E-state index contributed by atoms with van der Waals surface area (Å²) in [7, 11) is 0. The lowest BCUT2D eigenvalue weighted by molar-refractivity contribution is -0.273. The summed E-state index contributed by atoms with van der Waals surface area (Å²) in [5.41, 5.74) is 2.27. The van der Waals surface area contributed by atoms with Crippen LogP contribution in [0, 0.1) is 0 Å². The van der Waals surface area contributed by atoms with E-state index in [4.69, 9.17) is 18.9 Å². The Labute approximate surface area is 141 Å². The molecule has 3 fully saturated rings. The summed E-state index contributed by atoms with van der Waals surface area (Å²) < 4.78 is 24.4. The van der Waals surface area contributed by atoms with Crippen molar-refractivity contribution >= 4 is 0 Å². The summed E-state index contributed by atoms with van der Waals surface area (Å²) in [6, 6.07) is 20.4. The Hall–Kier alpha value is -1.72. The van der Waals surface area contributed by atoms with Crippen molar-refractivity contribution in [2.75, 3.05) is 0 Å². The first-order chi connectivity index (χ1) is 11.8. The van der Waals surface area contributed by atoms with Gasteiger partial charge in [0.15, 0.2) is 0 Å². The molecule has 4 nitrogen and oxygen atoms in total. The largest absolute Gasteiger partial charge is 0.364 e. The third-order valence-electron chi connectivity index (χ3n) is 5.12. The SMILES string of the molecule is c1ccc(COC2(OCc3ccccc3)C[C@H]3O[C@@H]2[C@@H]2O[C@@H]23)cc1. The highest BCUT2D eigenvalue weighted by atomic mass is 16.8. The molecule has 0 aromatic heterocycles. The second kappa shape index (κ2) is 5.67. The number of benzene rings is 2. The van der Waals surface area contributed by atoms with Crippen molar-refractivity contribution in [2.45, 2.75) is 49.8 Å². The number of hydrogen-bond acceptors (Lipinski definition) is 4. The molecular formula is C20H20O4. The number of ether oxygens (including phenoxy) is 4. The average Bonchev–Trinajstić information content (AvgIpc) is 3.27. The number of hydrogen-bond donors (Lipinski definition) is 0. The van der Waals surface area contributed by atoms with Gasteiger partial charge in [-0.3, -0.25) is 0 Å². The van der Waals surface area contributed by atoms with E-state index in [1.807, 2.05) is 36.4 Å². The highest BCUT2D eigenvalue weighted by molar-refractivity contribution is 5.18. The maximum absolute atomic E-state index is 6.30. The van der Waals surface area contributed by atoms with E-state index in [0.29, 0.717) is 13.2 Å². The zero-order valence-electron chi connectivity index (χ0n) is 13.3. The van der Waals surface area contributed by atoms with Crippen LogP contribution in [0.4, 0.5) is 0 Å². The Bertz CT molecular complexity index is 659. The summed E-state index contributed by atoms with van der Waals surface area (Å²) in [5, 5.41) is 0. The molecule has 0 saturated carbocycles. The molecule has 2 bridgehead atoms. The van der Waals surface area contributed by atoms with Crippen molar-refractivity contribution in [1.82, 2.24) is 0 Å². The van der Waals surface area contributed by atoms with Gasteiger partial charge in [-0.05, 0) is 11.1 Å². The Balaban J connectivity index is 1.33. The smallest absolute Gasteiger partial charge is 0.200 e. The van der Waals surface area contributed by atoms with Crippen LogP contribution in [-0.2, 0) is 32.2 Å². The molecule has 0 radical (unpaired) electrons. The molecule has 4 heteroatoms. The highest BCUT2D eigenvalue weighted by Gasteiger charge is 2.72. The van der Waals surface area contributed by atoms with Gasteiger partial charge in [0.05, 0.1) is 19.3 Å². The molecule has 3 heterocycles. The fraction of sp³-hybridized carbons (Fsp3) is 0.400. The van der Waals surface area contributed by atoms with E-state index >= 15 is 0 Å². The summed E-state index contributed by atoms with van der Waals surface area (Å²) in [5.74, 6) is -0.714. The monoisotopic (exact) mass is 324 g/mol. The molecule has 0 amide bonds. The molecule has 5 rings (SSSR count). The van der Waals surface area contributed by atoms with Crippen LogP contribution in [0.5, 0.6) is 0 Å². The van der Waals surface area contributed by atoms with E-state index in [9.17, 15) is 0 Å². The Morgan fingerprint density at radius 1 is 0.792 bits per heavy atom. The number of rotatable bonds is 6. The van der Waals surface area contributed by atoms with Crippen molar-refractivity contribution < 1.29 is 18.9 Å². The van der Waals surface area contributed by atoms with Crippen molar-refractivity contribution in [3.05, 3.63) is 71.8 Å². The fourth-order valence-corrected chi connectivity index (χ4v) is 3.82. The van der Waals surface area contributed by atoms with E-state index < -0.39 is 5.79 Å². The Morgan fingerprint density at radius 3 is 1.88 bits per heavy atom. The zero-order chi connectivity index (χ0) is 16.0. The average molecular weight is 324 g/mol. The van der Waals surface area contributed by atoms with Gasteiger partial charge in [-0.15, -0.1) is 0 Å². The first-order valence-corrected chi connectivity index (χ1v) is 8.51. The van der Waals surface area contributed by atoms with Crippen molar-refractivity contribution in [3.63, 3.8) is 0 Å². The van der Waals surface area contributed by atoms with Crippen molar-refractivity contribution in [2.24, 2.45) is 0 Å². The van der Waals surface area contributed by atoms with Gasteiger partial charge in [-0.1, -0.05) is 60.7 Å². The minimum absolute atomic E-state index is 0.103. The Kier molecular flexibility index (Phi) is 3.45. The first kappa shape index (κ1) is 14.6. The van der Waals surface area contributed by atoms with Crippen LogP contribution in [0.1, 0.15) is 17.5 Å². The lowest BCUT2D eigenvalue weighted by atomic mass is 9.94. The molecule has 0 N–H and O–H groups in total. The van der Waals surface area contributed by atoms with Crippen LogP contribution in [0.25, 0.3) is 0 Å². The minimum Gasteiger partial charge on any atom is -0.364 e. The van der Waals surface area contributed by atoms with Gasteiger partial charge in [-0.25, -0.2) is 0 Å². The lowest BCUT2D eigenvalue weighted by Crippen LogP contribution is -2.48. The quantitative estimate of drug-likeness (QED) is 0.605. The van der Waals surface area contributed by atoms with Gasteiger partial charge < -0.3 is 18.9 Å². The van der Waals surface area contributed by atoms with E-state index in [1.54, 1.807) is 0 Å². The predicted octanol–water partition coefficient (Wildman–Crippen LogP) is 3.05. The van der Waals surface area contributed by atoms with E-state index in [1.165, 1.54) is 0 Å². The normalized spacial score (nSPS) is 31.8. The van der Waals surface area contributed by atoms with Gasteiger partial charge in [0, 0.05) is 6.42 Å². The van der Waals surface area contributed by atoms with Crippen LogP contribution in [0.3, 0.4) is 0 Å². The summed E-state index contributed by atoms with van der Waals surface area (Å²) in [4.78, 5) is 0.